The van der Waals surface area contributed by atoms with E-state index in [0.717, 1.165) is 37.8 Å². The summed E-state index contributed by atoms with van der Waals surface area (Å²) in [5, 5.41) is 12.7. The van der Waals surface area contributed by atoms with E-state index in [9.17, 15) is 18.0 Å². The summed E-state index contributed by atoms with van der Waals surface area (Å²) < 4.78 is 43.2. The first-order valence-electron chi connectivity index (χ1n) is 12.5. The van der Waals surface area contributed by atoms with Crippen molar-refractivity contribution >= 4 is 35.1 Å². The number of amides is 1. The number of benzene rings is 2. The lowest BCUT2D eigenvalue weighted by atomic mass is 10.1. The fourth-order valence-corrected chi connectivity index (χ4v) is 3.96. The number of carbonyl (C=O) groups is 1. The number of aromatic nitrogens is 3. The Morgan fingerprint density at radius 3 is 2.28 bits per heavy atom. The second-order valence-corrected chi connectivity index (χ2v) is 9.59. The highest BCUT2D eigenvalue weighted by Crippen LogP contribution is 2.48. The van der Waals surface area contributed by atoms with Gasteiger partial charge in [0.25, 0.3) is 5.91 Å². The van der Waals surface area contributed by atoms with Crippen molar-refractivity contribution in [2.45, 2.75) is 37.4 Å². The molecule has 4 rings (SSSR count). The smallest absolute Gasteiger partial charge is 0.422 e. The van der Waals surface area contributed by atoms with Crippen LogP contribution in [0.5, 0.6) is 6.01 Å². The third kappa shape index (κ3) is 8.42. The van der Waals surface area contributed by atoms with Crippen LogP contribution in [0.4, 0.5) is 30.8 Å². The van der Waals surface area contributed by atoms with Gasteiger partial charge in [0.15, 0.2) is 6.61 Å². The second-order valence-electron chi connectivity index (χ2n) is 9.15. The Morgan fingerprint density at radius 2 is 1.64 bits per heavy atom. The maximum Gasteiger partial charge on any atom is 0.422 e. The molecule has 39 heavy (non-hydrogen) atoms. The van der Waals surface area contributed by atoms with Gasteiger partial charge in [-0.1, -0.05) is 23.7 Å². The number of anilines is 3. The van der Waals surface area contributed by atoms with E-state index < -0.39 is 24.3 Å². The van der Waals surface area contributed by atoms with Crippen LogP contribution in [0.1, 0.15) is 41.6 Å². The molecule has 0 bridgehead atoms. The molecule has 3 aromatic rings. The Morgan fingerprint density at radius 1 is 0.974 bits per heavy atom. The molecule has 1 amide bonds. The molecule has 4 N–H and O–H groups in total. The minimum absolute atomic E-state index is 0.0154. The maximum absolute atomic E-state index is 12.8. The van der Waals surface area contributed by atoms with Crippen LogP contribution in [-0.4, -0.2) is 53.8 Å². The summed E-state index contributed by atoms with van der Waals surface area (Å²) >= 11 is 6.00. The van der Waals surface area contributed by atoms with Gasteiger partial charge in [0.05, 0.1) is 5.54 Å². The molecule has 1 aliphatic carbocycles. The van der Waals surface area contributed by atoms with Crippen molar-refractivity contribution in [2.75, 3.05) is 37.4 Å². The Balaban J connectivity index is 1.47. The monoisotopic (exact) mass is 563 g/mol. The molecule has 1 aromatic heterocycles. The van der Waals surface area contributed by atoms with E-state index in [0.29, 0.717) is 22.8 Å². The van der Waals surface area contributed by atoms with Gasteiger partial charge in [0, 0.05) is 22.8 Å². The van der Waals surface area contributed by atoms with Crippen molar-refractivity contribution in [3.63, 3.8) is 0 Å². The van der Waals surface area contributed by atoms with Crippen LogP contribution in [0.3, 0.4) is 0 Å². The van der Waals surface area contributed by atoms with Crippen LogP contribution in [0.15, 0.2) is 48.5 Å². The summed E-state index contributed by atoms with van der Waals surface area (Å²) in [7, 11) is 1.88. The van der Waals surface area contributed by atoms with Crippen molar-refractivity contribution < 1.29 is 22.7 Å². The summed E-state index contributed by atoms with van der Waals surface area (Å²) in [6.45, 7) is -0.0913. The molecule has 1 heterocycles. The summed E-state index contributed by atoms with van der Waals surface area (Å²) in [6.07, 6.45) is -1.18. The van der Waals surface area contributed by atoms with Crippen molar-refractivity contribution in [1.82, 2.24) is 25.6 Å². The minimum atomic E-state index is -4.56. The van der Waals surface area contributed by atoms with Crippen LogP contribution in [-0.2, 0) is 5.54 Å². The first-order valence-corrected chi connectivity index (χ1v) is 12.8. The number of ether oxygens (including phenoxy) is 1. The zero-order chi connectivity index (χ0) is 27.9. The molecule has 0 radical (unpaired) electrons. The fourth-order valence-electron chi connectivity index (χ4n) is 3.84. The Labute approximate surface area is 228 Å². The summed E-state index contributed by atoms with van der Waals surface area (Å²) in [5.41, 5.74) is 1.49. The fraction of sp³-hybridized carbons (Fsp3) is 0.385. The van der Waals surface area contributed by atoms with Crippen molar-refractivity contribution in [3.8, 4) is 6.01 Å². The number of unbranched alkanes of at least 4 members (excludes halogenated alkanes) is 1. The number of hydrogen-bond donors (Lipinski definition) is 4. The SMILES string of the molecule is CNCCCCNC(=O)c1ccc(Nc2nc(NC3(c4ccc(Cl)cc4)CC3)nc(OCC(F)(F)F)n2)cc1. The Hall–Kier alpha value is -3.64. The number of nitrogens with zero attached hydrogens (tertiary/aromatic N) is 3. The topological polar surface area (TPSA) is 113 Å². The highest BCUT2D eigenvalue weighted by atomic mass is 35.5. The van der Waals surface area contributed by atoms with E-state index >= 15 is 0 Å². The van der Waals surface area contributed by atoms with Gasteiger partial charge in [0.1, 0.15) is 0 Å². The molecule has 0 aliphatic heterocycles. The molecule has 1 fully saturated rings. The summed E-state index contributed by atoms with van der Waals surface area (Å²) in [5.74, 6) is -0.151. The number of alkyl halides is 3. The van der Waals surface area contributed by atoms with Gasteiger partial charge in [-0.05, 0) is 81.2 Å². The van der Waals surface area contributed by atoms with Crippen LogP contribution in [0, 0.1) is 0 Å². The number of rotatable bonds is 13. The lowest BCUT2D eigenvalue weighted by Gasteiger charge is -2.19. The molecule has 1 aliphatic rings. The van der Waals surface area contributed by atoms with Gasteiger partial charge >= 0.3 is 12.2 Å². The molecule has 13 heteroatoms. The van der Waals surface area contributed by atoms with Gasteiger partial charge in [-0.15, -0.1) is 0 Å². The largest absolute Gasteiger partial charge is 0.454 e. The first kappa shape index (κ1) is 28.4. The highest BCUT2D eigenvalue weighted by molar-refractivity contribution is 6.30. The van der Waals surface area contributed by atoms with E-state index in [1.807, 2.05) is 19.2 Å². The predicted octanol–water partition coefficient (Wildman–Crippen LogP) is 5.04. The van der Waals surface area contributed by atoms with Gasteiger partial charge in [0.2, 0.25) is 11.9 Å². The predicted molar refractivity (Wildman–Crippen MR) is 143 cm³/mol. The molecule has 0 unspecified atom stereocenters. The number of nitrogens with one attached hydrogen (secondary N) is 4. The third-order valence-corrected chi connectivity index (χ3v) is 6.27. The quantitative estimate of drug-likeness (QED) is 0.214. The lowest BCUT2D eigenvalue weighted by molar-refractivity contribution is -0.154. The minimum Gasteiger partial charge on any atom is -0.454 e. The molecule has 2 aromatic carbocycles. The van der Waals surface area contributed by atoms with Gasteiger partial charge in [-0.2, -0.15) is 28.1 Å². The molecule has 1 saturated carbocycles. The number of hydrogen-bond acceptors (Lipinski definition) is 8. The van der Waals surface area contributed by atoms with Crippen LogP contribution < -0.4 is 26.0 Å². The zero-order valence-corrected chi connectivity index (χ0v) is 22.0. The van der Waals surface area contributed by atoms with E-state index in [2.05, 4.69) is 36.2 Å². The molecule has 0 atom stereocenters. The average molecular weight is 564 g/mol. The second kappa shape index (κ2) is 12.5. The normalized spacial score (nSPS) is 14.0. The van der Waals surface area contributed by atoms with E-state index in [1.54, 1.807) is 36.4 Å². The Bertz CT molecular complexity index is 1250. The number of carbonyl (C=O) groups excluding carboxylic acids is 1. The van der Waals surface area contributed by atoms with Crippen LogP contribution >= 0.6 is 11.6 Å². The molecule has 0 saturated heterocycles. The van der Waals surface area contributed by atoms with E-state index in [1.165, 1.54) is 0 Å². The average Bonchev–Trinajstić information content (AvgIpc) is 3.68. The molecule has 0 spiro atoms. The van der Waals surface area contributed by atoms with Gasteiger partial charge in [-0.25, -0.2) is 0 Å². The van der Waals surface area contributed by atoms with E-state index in [-0.39, 0.29) is 17.8 Å². The van der Waals surface area contributed by atoms with Crippen molar-refractivity contribution in [3.05, 3.63) is 64.7 Å². The van der Waals surface area contributed by atoms with Crippen LogP contribution in [0.2, 0.25) is 5.02 Å². The number of halogens is 4. The van der Waals surface area contributed by atoms with Crippen LogP contribution in [0.25, 0.3) is 0 Å². The van der Waals surface area contributed by atoms with Gasteiger partial charge < -0.3 is 26.0 Å². The summed E-state index contributed by atoms with van der Waals surface area (Å²) in [4.78, 5) is 24.8. The van der Waals surface area contributed by atoms with Crippen molar-refractivity contribution in [1.29, 1.82) is 0 Å². The zero-order valence-electron chi connectivity index (χ0n) is 21.2. The first-order chi connectivity index (χ1) is 18.7. The standard InChI is InChI=1S/C26H29ClF3N7O2/c1-31-14-2-3-15-32-21(38)17-4-10-20(11-5-17)33-22-34-23(36-24(35-22)39-16-26(28,29)30)37-25(12-13-25)18-6-8-19(27)9-7-18/h4-11,31H,2-3,12-16H2,1H3,(H,32,38)(H2,33,34,35,36,37). The molecular formula is C26H29ClF3N7O2. The third-order valence-electron chi connectivity index (χ3n) is 6.02. The summed E-state index contributed by atoms with van der Waals surface area (Å²) in [6, 6.07) is 13.4. The van der Waals surface area contributed by atoms with Gasteiger partial charge in [-0.3, -0.25) is 4.79 Å². The lowest BCUT2D eigenvalue weighted by Crippen LogP contribution is -2.25. The maximum atomic E-state index is 12.8. The highest BCUT2D eigenvalue weighted by Gasteiger charge is 2.45. The molecule has 208 valence electrons. The Kier molecular flexibility index (Phi) is 9.08. The molecule has 9 nitrogen and oxygen atoms in total. The van der Waals surface area contributed by atoms with Crippen molar-refractivity contribution in [2.24, 2.45) is 0 Å². The molecular weight excluding hydrogens is 535 g/mol. The van der Waals surface area contributed by atoms with E-state index in [4.69, 9.17) is 16.3 Å².